The number of hydrogen-bond acceptors (Lipinski definition) is 2. The van der Waals surface area contributed by atoms with E-state index < -0.39 is 5.54 Å². The smallest absolute Gasteiger partial charge is 0.157 e. The van der Waals surface area contributed by atoms with Crippen LogP contribution in [0.3, 0.4) is 0 Å². The monoisotopic (exact) mass is 205 g/mol. The van der Waals surface area contributed by atoms with E-state index in [-0.39, 0.29) is 5.78 Å². The molecule has 82 valence electrons. The first kappa shape index (κ1) is 11.8. The zero-order chi connectivity index (χ0) is 11.5. The predicted octanol–water partition coefficient (Wildman–Crippen LogP) is 3.16. The summed E-state index contributed by atoms with van der Waals surface area (Å²) in [6.45, 7) is 7.77. The molecule has 0 spiro atoms. The van der Waals surface area contributed by atoms with Crippen LogP contribution in [0, 0.1) is 6.92 Å². The molecule has 15 heavy (non-hydrogen) atoms. The van der Waals surface area contributed by atoms with Crippen molar-refractivity contribution in [3.8, 4) is 0 Å². The highest BCUT2D eigenvalue weighted by Crippen LogP contribution is 2.17. The van der Waals surface area contributed by atoms with Gasteiger partial charge in [0.15, 0.2) is 5.78 Å². The minimum absolute atomic E-state index is 0.225. The van der Waals surface area contributed by atoms with Crippen molar-refractivity contribution < 1.29 is 4.79 Å². The molecule has 0 aromatic heterocycles. The van der Waals surface area contributed by atoms with Crippen LogP contribution in [0.15, 0.2) is 24.3 Å². The quantitative estimate of drug-likeness (QED) is 0.818. The summed E-state index contributed by atoms with van der Waals surface area (Å²) in [7, 11) is 0. The van der Waals surface area contributed by atoms with E-state index in [9.17, 15) is 4.79 Å². The van der Waals surface area contributed by atoms with Crippen LogP contribution < -0.4 is 5.32 Å². The maximum Gasteiger partial charge on any atom is 0.157 e. The van der Waals surface area contributed by atoms with Gasteiger partial charge in [-0.25, -0.2) is 0 Å². The number of aryl methyl sites for hydroxylation is 1. The number of carbonyl (C=O) groups is 1. The highest BCUT2D eigenvalue weighted by Gasteiger charge is 2.24. The number of ketones is 1. The van der Waals surface area contributed by atoms with Crippen molar-refractivity contribution in [2.24, 2.45) is 0 Å². The van der Waals surface area contributed by atoms with Crippen molar-refractivity contribution >= 4 is 11.5 Å². The van der Waals surface area contributed by atoms with E-state index in [2.05, 4.69) is 5.32 Å². The molecule has 0 saturated heterocycles. The Kier molecular flexibility index (Phi) is 3.51. The Morgan fingerprint density at radius 1 is 1.27 bits per heavy atom. The number of hydrogen-bond donors (Lipinski definition) is 1. The molecular formula is C13H19NO. The molecule has 0 fully saturated rings. The van der Waals surface area contributed by atoms with Gasteiger partial charge >= 0.3 is 0 Å². The Balaban J connectivity index is 2.77. The zero-order valence-corrected chi connectivity index (χ0v) is 9.92. The Bertz CT molecular complexity index is 338. The Hall–Kier alpha value is -1.31. The summed E-state index contributed by atoms with van der Waals surface area (Å²) in [6, 6.07) is 8.07. The van der Waals surface area contributed by atoms with Gasteiger partial charge in [-0.3, -0.25) is 4.79 Å². The summed E-state index contributed by atoms with van der Waals surface area (Å²) in [5.41, 5.74) is 1.73. The minimum atomic E-state index is -0.482. The summed E-state index contributed by atoms with van der Waals surface area (Å²) in [4.78, 5) is 11.6. The lowest BCUT2D eigenvalue weighted by Gasteiger charge is -2.25. The highest BCUT2D eigenvalue weighted by atomic mass is 16.1. The molecular weight excluding hydrogens is 186 g/mol. The van der Waals surface area contributed by atoms with Crippen molar-refractivity contribution in [3.05, 3.63) is 29.8 Å². The van der Waals surface area contributed by atoms with Gasteiger partial charge in [0, 0.05) is 12.1 Å². The molecule has 1 aromatic carbocycles. The van der Waals surface area contributed by atoms with Crippen molar-refractivity contribution in [2.75, 3.05) is 5.32 Å². The van der Waals surface area contributed by atoms with E-state index in [1.807, 2.05) is 52.0 Å². The lowest BCUT2D eigenvalue weighted by Crippen LogP contribution is -2.39. The maximum absolute atomic E-state index is 11.6. The van der Waals surface area contributed by atoms with E-state index in [1.165, 1.54) is 5.56 Å². The molecule has 0 aliphatic carbocycles. The lowest BCUT2D eigenvalue weighted by atomic mass is 9.96. The standard InChI is InChI=1S/C13H19NO/c1-5-12(15)13(3,4)14-11-8-6-10(2)7-9-11/h6-9,14H,5H2,1-4H3. The first-order chi connectivity index (χ1) is 6.95. The van der Waals surface area contributed by atoms with Crippen LogP contribution in [0.4, 0.5) is 5.69 Å². The molecule has 0 heterocycles. The molecule has 1 N–H and O–H groups in total. The number of carbonyl (C=O) groups excluding carboxylic acids is 1. The number of rotatable bonds is 4. The summed E-state index contributed by atoms with van der Waals surface area (Å²) in [6.07, 6.45) is 0.561. The number of benzene rings is 1. The average molecular weight is 205 g/mol. The van der Waals surface area contributed by atoms with Crippen molar-refractivity contribution in [1.29, 1.82) is 0 Å². The normalized spacial score (nSPS) is 11.2. The molecule has 1 rings (SSSR count). The van der Waals surface area contributed by atoms with Crippen LogP contribution in [-0.4, -0.2) is 11.3 Å². The lowest BCUT2D eigenvalue weighted by molar-refractivity contribution is -0.122. The molecule has 1 aromatic rings. The van der Waals surface area contributed by atoms with Crippen LogP contribution in [0.1, 0.15) is 32.8 Å². The SMILES string of the molecule is CCC(=O)C(C)(C)Nc1ccc(C)cc1. The third-order valence-corrected chi connectivity index (χ3v) is 2.53. The maximum atomic E-state index is 11.6. The molecule has 2 heteroatoms. The Morgan fingerprint density at radius 3 is 2.27 bits per heavy atom. The van der Waals surface area contributed by atoms with E-state index >= 15 is 0 Å². The van der Waals surface area contributed by atoms with Crippen molar-refractivity contribution in [2.45, 2.75) is 39.7 Å². The predicted molar refractivity (Wildman–Crippen MR) is 64.2 cm³/mol. The van der Waals surface area contributed by atoms with Crippen LogP contribution in [0.2, 0.25) is 0 Å². The van der Waals surface area contributed by atoms with Gasteiger partial charge in [-0.1, -0.05) is 24.6 Å². The molecule has 0 amide bonds. The third kappa shape index (κ3) is 3.08. The fourth-order valence-electron chi connectivity index (χ4n) is 1.51. The van der Waals surface area contributed by atoms with E-state index in [4.69, 9.17) is 0 Å². The van der Waals surface area contributed by atoms with Crippen molar-refractivity contribution in [3.63, 3.8) is 0 Å². The zero-order valence-electron chi connectivity index (χ0n) is 9.92. The second kappa shape index (κ2) is 4.47. The van der Waals surface area contributed by atoms with Crippen LogP contribution >= 0.6 is 0 Å². The van der Waals surface area contributed by atoms with Gasteiger partial charge in [-0.05, 0) is 32.9 Å². The third-order valence-electron chi connectivity index (χ3n) is 2.53. The van der Waals surface area contributed by atoms with Crippen LogP contribution in [0.5, 0.6) is 0 Å². The number of Topliss-reactive ketones (excluding diaryl/α,β-unsaturated/α-hetero) is 1. The fourth-order valence-corrected chi connectivity index (χ4v) is 1.51. The van der Waals surface area contributed by atoms with Gasteiger partial charge in [-0.2, -0.15) is 0 Å². The molecule has 0 aliphatic rings. The van der Waals surface area contributed by atoms with E-state index in [0.717, 1.165) is 5.69 Å². The first-order valence-corrected chi connectivity index (χ1v) is 5.34. The molecule has 0 saturated carbocycles. The van der Waals surface area contributed by atoms with Gasteiger partial charge in [0.25, 0.3) is 0 Å². The Labute approximate surface area is 91.7 Å². The van der Waals surface area contributed by atoms with Crippen molar-refractivity contribution in [1.82, 2.24) is 0 Å². The molecule has 0 atom stereocenters. The number of anilines is 1. The summed E-state index contributed by atoms with van der Waals surface area (Å²) in [5.74, 6) is 0.225. The molecule has 0 bridgehead atoms. The molecule has 0 unspecified atom stereocenters. The average Bonchev–Trinajstić information content (AvgIpc) is 2.20. The fraction of sp³-hybridized carbons (Fsp3) is 0.462. The summed E-state index contributed by atoms with van der Waals surface area (Å²) < 4.78 is 0. The second-order valence-electron chi connectivity index (χ2n) is 4.39. The van der Waals surface area contributed by atoms with E-state index in [1.54, 1.807) is 0 Å². The largest absolute Gasteiger partial charge is 0.373 e. The van der Waals surface area contributed by atoms with Gasteiger partial charge < -0.3 is 5.32 Å². The summed E-state index contributed by atoms with van der Waals surface area (Å²) in [5, 5.41) is 3.25. The van der Waals surface area contributed by atoms with Crippen LogP contribution in [-0.2, 0) is 4.79 Å². The van der Waals surface area contributed by atoms with Crippen LogP contribution in [0.25, 0.3) is 0 Å². The van der Waals surface area contributed by atoms with E-state index in [0.29, 0.717) is 6.42 Å². The Morgan fingerprint density at radius 2 is 1.80 bits per heavy atom. The highest BCUT2D eigenvalue weighted by molar-refractivity contribution is 5.90. The van der Waals surface area contributed by atoms with Gasteiger partial charge in [0.2, 0.25) is 0 Å². The minimum Gasteiger partial charge on any atom is -0.373 e. The van der Waals surface area contributed by atoms with Gasteiger partial charge in [0.1, 0.15) is 0 Å². The van der Waals surface area contributed by atoms with Gasteiger partial charge in [-0.15, -0.1) is 0 Å². The topological polar surface area (TPSA) is 29.1 Å². The summed E-state index contributed by atoms with van der Waals surface area (Å²) >= 11 is 0. The number of nitrogens with one attached hydrogen (secondary N) is 1. The molecule has 2 nitrogen and oxygen atoms in total. The van der Waals surface area contributed by atoms with Gasteiger partial charge in [0.05, 0.1) is 5.54 Å². The molecule has 0 aliphatic heterocycles. The first-order valence-electron chi connectivity index (χ1n) is 5.34. The second-order valence-corrected chi connectivity index (χ2v) is 4.39. The molecule has 0 radical (unpaired) electrons.